The highest BCUT2D eigenvalue weighted by atomic mass is 16.5. The first-order chi connectivity index (χ1) is 5.29. The van der Waals surface area contributed by atoms with Crippen LogP contribution in [0.5, 0.6) is 5.75 Å². The summed E-state index contributed by atoms with van der Waals surface area (Å²) in [5.74, 6) is 0.690. The standard InChI is InChI=1S/C8H12N2O/c1-11-8-6(5-9)3-2-4-7(8)10/h2-4H,5,9-10H2,1H3. The van der Waals surface area contributed by atoms with Crippen molar-refractivity contribution >= 4 is 5.69 Å². The molecule has 4 N–H and O–H groups in total. The summed E-state index contributed by atoms with van der Waals surface area (Å²) in [5.41, 5.74) is 12.7. The van der Waals surface area contributed by atoms with E-state index in [1.807, 2.05) is 12.1 Å². The molecule has 60 valence electrons. The molecule has 0 unspecified atom stereocenters. The van der Waals surface area contributed by atoms with Crippen LogP contribution in [0.1, 0.15) is 5.56 Å². The normalized spacial score (nSPS) is 9.64. The highest BCUT2D eigenvalue weighted by molar-refractivity contribution is 5.56. The van der Waals surface area contributed by atoms with Crippen molar-refractivity contribution in [2.24, 2.45) is 5.73 Å². The lowest BCUT2D eigenvalue weighted by molar-refractivity contribution is 0.412. The van der Waals surface area contributed by atoms with Gasteiger partial charge in [-0.2, -0.15) is 0 Å². The van der Waals surface area contributed by atoms with Gasteiger partial charge in [0.05, 0.1) is 12.8 Å². The number of ether oxygens (including phenoxy) is 1. The number of nitrogens with two attached hydrogens (primary N) is 2. The molecule has 0 heterocycles. The fourth-order valence-electron chi connectivity index (χ4n) is 1.01. The van der Waals surface area contributed by atoms with Gasteiger partial charge < -0.3 is 16.2 Å². The van der Waals surface area contributed by atoms with E-state index in [0.29, 0.717) is 18.0 Å². The van der Waals surface area contributed by atoms with Crippen LogP contribution < -0.4 is 16.2 Å². The number of hydrogen-bond donors (Lipinski definition) is 2. The number of rotatable bonds is 2. The topological polar surface area (TPSA) is 61.3 Å². The SMILES string of the molecule is COc1c(N)cccc1CN. The molecule has 0 atom stereocenters. The van der Waals surface area contributed by atoms with Gasteiger partial charge in [0.15, 0.2) is 0 Å². The van der Waals surface area contributed by atoms with Crippen molar-refractivity contribution in [3.63, 3.8) is 0 Å². The molecule has 11 heavy (non-hydrogen) atoms. The zero-order chi connectivity index (χ0) is 8.27. The summed E-state index contributed by atoms with van der Waals surface area (Å²) < 4.78 is 5.06. The van der Waals surface area contributed by atoms with E-state index in [9.17, 15) is 0 Å². The van der Waals surface area contributed by atoms with Crippen molar-refractivity contribution in [1.29, 1.82) is 0 Å². The van der Waals surface area contributed by atoms with Gasteiger partial charge in [-0.3, -0.25) is 0 Å². The van der Waals surface area contributed by atoms with E-state index in [-0.39, 0.29) is 0 Å². The third-order valence-electron chi connectivity index (χ3n) is 1.55. The Hall–Kier alpha value is -1.22. The van der Waals surface area contributed by atoms with Crippen LogP contribution in [0.15, 0.2) is 18.2 Å². The van der Waals surface area contributed by atoms with E-state index in [4.69, 9.17) is 16.2 Å². The summed E-state index contributed by atoms with van der Waals surface area (Å²) in [7, 11) is 1.59. The number of methoxy groups -OCH3 is 1. The molecule has 0 fully saturated rings. The second-order valence-electron chi connectivity index (χ2n) is 2.24. The molecule has 0 saturated heterocycles. The van der Waals surface area contributed by atoms with Crippen LogP contribution in [0, 0.1) is 0 Å². The lowest BCUT2D eigenvalue weighted by atomic mass is 10.2. The molecule has 0 saturated carbocycles. The van der Waals surface area contributed by atoms with E-state index in [0.717, 1.165) is 5.56 Å². The molecular formula is C8H12N2O. The number of nitrogen functional groups attached to an aromatic ring is 1. The molecule has 0 amide bonds. The first-order valence-electron chi connectivity index (χ1n) is 3.41. The summed E-state index contributed by atoms with van der Waals surface area (Å²) in [6, 6.07) is 5.55. The summed E-state index contributed by atoms with van der Waals surface area (Å²) >= 11 is 0. The Balaban J connectivity index is 3.13. The average Bonchev–Trinajstić information content (AvgIpc) is 2.04. The van der Waals surface area contributed by atoms with E-state index in [1.54, 1.807) is 13.2 Å². The van der Waals surface area contributed by atoms with Gasteiger partial charge in [-0.15, -0.1) is 0 Å². The number of benzene rings is 1. The number of hydrogen-bond acceptors (Lipinski definition) is 3. The maximum Gasteiger partial charge on any atom is 0.146 e. The van der Waals surface area contributed by atoms with Gasteiger partial charge >= 0.3 is 0 Å². The van der Waals surface area contributed by atoms with Gasteiger partial charge in [0.2, 0.25) is 0 Å². The minimum atomic E-state index is 0.453. The van der Waals surface area contributed by atoms with Crippen molar-refractivity contribution in [3.05, 3.63) is 23.8 Å². The minimum absolute atomic E-state index is 0.453. The van der Waals surface area contributed by atoms with Crippen LogP contribution in [-0.4, -0.2) is 7.11 Å². The molecule has 0 radical (unpaired) electrons. The Morgan fingerprint density at radius 1 is 1.45 bits per heavy atom. The molecule has 0 aromatic heterocycles. The molecule has 3 heteroatoms. The van der Waals surface area contributed by atoms with Gasteiger partial charge in [0, 0.05) is 12.1 Å². The van der Waals surface area contributed by atoms with Gasteiger partial charge in [0.1, 0.15) is 5.75 Å². The van der Waals surface area contributed by atoms with Crippen molar-refractivity contribution in [2.75, 3.05) is 12.8 Å². The molecule has 0 bridgehead atoms. The largest absolute Gasteiger partial charge is 0.494 e. The Labute approximate surface area is 66.0 Å². The maximum absolute atomic E-state index is 5.63. The van der Waals surface area contributed by atoms with Crippen LogP contribution in [0.4, 0.5) is 5.69 Å². The molecular weight excluding hydrogens is 140 g/mol. The molecule has 3 nitrogen and oxygen atoms in total. The first-order valence-corrected chi connectivity index (χ1v) is 3.41. The molecule has 0 aliphatic heterocycles. The summed E-state index contributed by atoms with van der Waals surface area (Å²) in [6.07, 6.45) is 0. The Kier molecular flexibility index (Phi) is 2.33. The van der Waals surface area contributed by atoms with Gasteiger partial charge in [-0.05, 0) is 6.07 Å². The highest BCUT2D eigenvalue weighted by Crippen LogP contribution is 2.24. The minimum Gasteiger partial charge on any atom is -0.494 e. The quantitative estimate of drug-likeness (QED) is 0.614. The maximum atomic E-state index is 5.63. The fraction of sp³-hybridized carbons (Fsp3) is 0.250. The summed E-state index contributed by atoms with van der Waals surface area (Å²) in [6.45, 7) is 0.453. The van der Waals surface area contributed by atoms with E-state index in [2.05, 4.69) is 0 Å². The monoisotopic (exact) mass is 152 g/mol. The predicted molar refractivity (Wildman–Crippen MR) is 45.3 cm³/mol. The van der Waals surface area contributed by atoms with Crippen LogP contribution in [0.3, 0.4) is 0 Å². The second kappa shape index (κ2) is 3.25. The van der Waals surface area contributed by atoms with Crippen molar-refractivity contribution in [2.45, 2.75) is 6.54 Å². The molecule has 1 aromatic carbocycles. The molecule has 0 spiro atoms. The lowest BCUT2D eigenvalue weighted by Crippen LogP contribution is -2.02. The van der Waals surface area contributed by atoms with Crippen molar-refractivity contribution in [1.82, 2.24) is 0 Å². The van der Waals surface area contributed by atoms with E-state index >= 15 is 0 Å². The zero-order valence-electron chi connectivity index (χ0n) is 6.50. The van der Waals surface area contributed by atoms with Crippen molar-refractivity contribution in [3.8, 4) is 5.75 Å². The number of para-hydroxylation sites is 1. The van der Waals surface area contributed by atoms with Crippen LogP contribution >= 0.6 is 0 Å². The molecule has 1 aromatic rings. The summed E-state index contributed by atoms with van der Waals surface area (Å²) in [4.78, 5) is 0. The smallest absolute Gasteiger partial charge is 0.146 e. The summed E-state index contributed by atoms with van der Waals surface area (Å²) in [5, 5.41) is 0. The molecule has 0 aliphatic carbocycles. The van der Waals surface area contributed by atoms with E-state index < -0.39 is 0 Å². The zero-order valence-corrected chi connectivity index (χ0v) is 6.50. The Bertz CT molecular complexity index is 248. The van der Waals surface area contributed by atoms with Crippen LogP contribution in [0.2, 0.25) is 0 Å². The number of anilines is 1. The van der Waals surface area contributed by atoms with Crippen LogP contribution in [-0.2, 0) is 6.54 Å². The van der Waals surface area contributed by atoms with Gasteiger partial charge in [-0.25, -0.2) is 0 Å². The van der Waals surface area contributed by atoms with Gasteiger partial charge in [0.25, 0.3) is 0 Å². The van der Waals surface area contributed by atoms with Crippen molar-refractivity contribution < 1.29 is 4.74 Å². The Morgan fingerprint density at radius 3 is 2.64 bits per heavy atom. The Morgan fingerprint density at radius 2 is 2.18 bits per heavy atom. The predicted octanol–water partition coefficient (Wildman–Crippen LogP) is 0.736. The lowest BCUT2D eigenvalue weighted by Gasteiger charge is -2.08. The third kappa shape index (κ3) is 1.43. The second-order valence-corrected chi connectivity index (χ2v) is 2.24. The molecule has 0 aliphatic rings. The molecule has 1 rings (SSSR count). The van der Waals surface area contributed by atoms with Crippen LogP contribution in [0.25, 0.3) is 0 Å². The third-order valence-corrected chi connectivity index (χ3v) is 1.55. The van der Waals surface area contributed by atoms with E-state index in [1.165, 1.54) is 0 Å². The average molecular weight is 152 g/mol. The first kappa shape index (κ1) is 7.88. The van der Waals surface area contributed by atoms with Gasteiger partial charge in [-0.1, -0.05) is 12.1 Å². The highest BCUT2D eigenvalue weighted by Gasteiger charge is 2.02. The fourth-order valence-corrected chi connectivity index (χ4v) is 1.01.